The summed E-state index contributed by atoms with van der Waals surface area (Å²) in [5, 5.41) is 19.9. The van der Waals surface area contributed by atoms with E-state index in [0.29, 0.717) is 26.2 Å². The van der Waals surface area contributed by atoms with Gasteiger partial charge in [0.2, 0.25) is 0 Å². The normalized spacial score (nSPS) is 47.5. The minimum Gasteiger partial charge on any atom is -0.386 e. The zero-order valence-corrected chi connectivity index (χ0v) is 13.9. The van der Waals surface area contributed by atoms with Gasteiger partial charge in [-0.05, 0) is 0 Å². The van der Waals surface area contributed by atoms with E-state index in [1.165, 1.54) is 0 Å². The molecule has 8 nitrogen and oxygen atoms in total. The summed E-state index contributed by atoms with van der Waals surface area (Å²) in [7, 11) is -6.29. The van der Waals surface area contributed by atoms with Crippen LogP contribution >= 0.6 is 0 Å². The summed E-state index contributed by atoms with van der Waals surface area (Å²) in [5.41, 5.74) is 0. The van der Waals surface area contributed by atoms with Gasteiger partial charge in [-0.2, -0.15) is 0 Å². The lowest BCUT2D eigenvalue weighted by Gasteiger charge is -2.36. The quantitative estimate of drug-likeness (QED) is 0.391. The van der Waals surface area contributed by atoms with Gasteiger partial charge < -0.3 is 20.0 Å². The average Bonchev–Trinajstić information content (AvgIpc) is 2.84. The van der Waals surface area contributed by atoms with E-state index in [9.17, 15) is 27.0 Å². The van der Waals surface area contributed by atoms with Crippen molar-refractivity contribution < 1.29 is 36.8 Å². The van der Waals surface area contributed by atoms with E-state index >= 15 is 0 Å². The molecule has 3 saturated heterocycles. The van der Waals surface area contributed by atoms with E-state index in [1.807, 2.05) is 0 Å². The number of quaternary nitrogens is 2. The molecule has 3 fully saturated rings. The van der Waals surface area contributed by atoms with Gasteiger partial charge in [0.1, 0.15) is 62.0 Å². The Morgan fingerprint density at radius 2 is 0.955 bits per heavy atom. The van der Waals surface area contributed by atoms with Gasteiger partial charge in [-0.15, -0.1) is 0 Å². The van der Waals surface area contributed by atoms with Crippen LogP contribution in [0.3, 0.4) is 0 Å². The molecule has 0 aromatic rings. The van der Waals surface area contributed by atoms with E-state index in [2.05, 4.69) is 0 Å². The summed E-state index contributed by atoms with van der Waals surface area (Å²) in [6.45, 7) is 2.76. The number of hydrogen-bond acceptors (Lipinski definition) is 6. The van der Waals surface area contributed by atoms with Crippen LogP contribution in [0.4, 0.5) is 0 Å². The van der Waals surface area contributed by atoms with Crippen molar-refractivity contribution in [2.75, 3.05) is 49.2 Å². The first-order valence-corrected chi connectivity index (χ1v) is 11.3. The third-order valence-electron chi connectivity index (χ3n) is 5.23. The van der Waals surface area contributed by atoms with Crippen LogP contribution in [0.2, 0.25) is 0 Å². The first kappa shape index (κ1) is 16.6. The van der Waals surface area contributed by atoms with Gasteiger partial charge in [-0.1, -0.05) is 0 Å². The van der Waals surface area contributed by atoms with Crippen LogP contribution in [0, 0.1) is 0 Å². The highest BCUT2D eigenvalue weighted by Gasteiger charge is 2.48. The van der Waals surface area contributed by atoms with Gasteiger partial charge in [-0.3, -0.25) is 0 Å². The molecule has 0 aromatic carbocycles. The lowest BCUT2D eigenvalue weighted by Crippen LogP contribution is -3.32. The minimum atomic E-state index is -3.14. The van der Waals surface area contributed by atoms with Gasteiger partial charge in [0, 0.05) is 0 Å². The smallest absolute Gasteiger partial charge is 0.159 e. The summed E-state index contributed by atoms with van der Waals surface area (Å²) < 4.78 is 46.4. The second kappa shape index (κ2) is 5.67. The summed E-state index contributed by atoms with van der Waals surface area (Å²) in [5.74, 6) is -0.257. The first-order valence-electron chi connectivity index (χ1n) is 7.63. The largest absolute Gasteiger partial charge is 0.386 e. The van der Waals surface area contributed by atoms with Crippen molar-refractivity contribution in [3.8, 4) is 0 Å². The topological polar surface area (TPSA) is 118 Å². The third kappa shape index (κ3) is 3.31. The zero-order valence-electron chi connectivity index (χ0n) is 12.3. The molecule has 0 saturated carbocycles. The Balaban J connectivity index is 1.59. The Kier molecular flexibility index (Phi) is 4.28. The number of aliphatic hydroxyl groups excluding tert-OH is 2. The van der Waals surface area contributed by atoms with Crippen molar-refractivity contribution in [2.24, 2.45) is 0 Å². The molecule has 0 aliphatic carbocycles. The first-order chi connectivity index (χ1) is 10.2. The van der Waals surface area contributed by atoms with E-state index < -0.39 is 31.9 Å². The van der Waals surface area contributed by atoms with Crippen molar-refractivity contribution >= 4 is 19.7 Å². The molecule has 0 unspecified atom stereocenters. The second-order valence-electron chi connectivity index (χ2n) is 6.82. The molecule has 0 radical (unpaired) electrons. The van der Waals surface area contributed by atoms with Gasteiger partial charge in [0.15, 0.2) is 19.7 Å². The van der Waals surface area contributed by atoms with Crippen LogP contribution in [0.15, 0.2) is 0 Å². The average molecular weight is 356 g/mol. The number of sulfone groups is 2. The molecule has 0 bridgehead atoms. The van der Waals surface area contributed by atoms with Crippen molar-refractivity contribution in [3.05, 3.63) is 0 Å². The van der Waals surface area contributed by atoms with Gasteiger partial charge in [0.25, 0.3) is 0 Å². The lowest BCUT2D eigenvalue weighted by atomic mass is 10.1. The fraction of sp³-hybridized carbons (Fsp3) is 1.00. The van der Waals surface area contributed by atoms with Crippen LogP contribution in [0.25, 0.3) is 0 Å². The van der Waals surface area contributed by atoms with Gasteiger partial charge in [-0.25, -0.2) is 16.8 Å². The summed E-state index contributed by atoms with van der Waals surface area (Å²) in [6, 6.07) is -0.549. The SMILES string of the molecule is O=S1(=O)C[C@@H]([NH+]2CC[NH+]([C@H]3CS(=O)(=O)C[C@H]3O)CC2)[C@@H](O)C1. The van der Waals surface area contributed by atoms with E-state index in [0.717, 1.165) is 9.80 Å². The Morgan fingerprint density at radius 1 is 0.636 bits per heavy atom. The Morgan fingerprint density at radius 3 is 1.18 bits per heavy atom. The summed E-state index contributed by atoms with van der Waals surface area (Å²) in [4.78, 5) is 2.15. The van der Waals surface area contributed by atoms with E-state index in [4.69, 9.17) is 0 Å². The second-order valence-corrected chi connectivity index (χ2v) is 11.1. The van der Waals surface area contributed by atoms with E-state index in [1.54, 1.807) is 0 Å². The molecule has 3 aliphatic rings. The minimum absolute atomic E-state index is 0.0270. The number of nitrogens with one attached hydrogen (secondary N) is 2. The van der Waals surface area contributed by atoms with Crippen LogP contribution in [-0.4, -0.2) is 101 Å². The predicted octanol–water partition coefficient (Wildman–Crippen LogP) is -5.91. The Hall–Kier alpha value is -0.260. The zero-order chi connectivity index (χ0) is 16.1. The molecule has 0 spiro atoms. The number of rotatable bonds is 2. The fourth-order valence-electron chi connectivity index (χ4n) is 4.07. The number of piperazine rings is 1. The van der Waals surface area contributed by atoms with Crippen LogP contribution in [-0.2, 0) is 19.7 Å². The molecule has 22 heavy (non-hydrogen) atoms. The summed E-state index contributed by atoms with van der Waals surface area (Å²) >= 11 is 0. The highest BCUT2D eigenvalue weighted by molar-refractivity contribution is 7.92. The molecule has 4 N–H and O–H groups in total. The number of aliphatic hydroxyl groups is 2. The fourth-order valence-corrected chi connectivity index (χ4v) is 7.86. The lowest BCUT2D eigenvalue weighted by molar-refractivity contribution is -1.03. The molecular formula is C12H24N2O6S2+2. The third-order valence-corrected chi connectivity index (χ3v) is 8.66. The molecule has 3 aliphatic heterocycles. The van der Waals surface area contributed by atoms with E-state index in [-0.39, 0.29) is 35.1 Å². The molecule has 3 rings (SSSR count). The van der Waals surface area contributed by atoms with Gasteiger partial charge >= 0.3 is 0 Å². The van der Waals surface area contributed by atoms with Crippen LogP contribution in [0.1, 0.15) is 0 Å². The molecule has 3 heterocycles. The summed E-state index contributed by atoms with van der Waals surface area (Å²) in [6.07, 6.45) is -1.61. The molecular weight excluding hydrogens is 332 g/mol. The van der Waals surface area contributed by atoms with Crippen molar-refractivity contribution in [3.63, 3.8) is 0 Å². The van der Waals surface area contributed by atoms with Gasteiger partial charge in [0.05, 0.1) is 11.5 Å². The maximum atomic E-state index is 11.6. The molecule has 128 valence electrons. The molecule has 0 aromatic heterocycles. The Bertz CT molecular complexity index is 570. The Labute approximate surface area is 130 Å². The highest BCUT2D eigenvalue weighted by atomic mass is 32.2. The molecule has 4 atom stereocenters. The number of hydrogen-bond donors (Lipinski definition) is 4. The van der Waals surface area contributed by atoms with Crippen molar-refractivity contribution in [2.45, 2.75) is 24.3 Å². The maximum Gasteiger partial charge on any atom is 0.159 e. The van der Waals surface area contributed by atoms with Crippen LogP contribution < -0.4 is 9.80 Å². The maximum absolute atomic E-state index is 11.6. The predicted molar refractivity (Wildman–Crippen MR) is 78.3 cm³/mol. The van der Waals surface area contributed by atoms with Crippen molar-refractivity contribution in [1.82, 2.24) is 0 Å². The highest BCUT2D eigenvalue weighted by Crippen LogP contribution is 2.11. The molecule has 10 heteroatoms. The monoisotopic (exact) mass is 356 g/mol. The van der Waals surface area contributed by atoms with Crippen molar-refractivity contribution in [1.29, 1.82) is 0 Å². The molecule has 0 amide bonds. The van der Waals surface area contributed by atoms with Crippen LogP contribution in [0.5, 0.6) is 0 Å². The standard InChI is InChI=1S/C12H22N2O6S2/c15-11-7-21(17,18)5-9(11)13-1-2-14(4-3-13)10-6-22(19,20)8-12(10)16/h9-12,15-16H,1-8H2/p+2/t9-,10+,11+,12-.